The van der Waals surface area contributed by atoms with E-state index in [1.165, 1.54) is 0 Å². The molecule has 0 bridgehead atoms. The Morgan fingerprint density at radius 2 is 2.38 bits per heavy atom. The second kappa shape index (κ2) is 3.98. The standard InChI is InChI=1S/C4H4ClIN2/c5-3(2-7)4(8)1-6/h1,8H2/b4-3+. The molecule has 8 heavy (non-hydrogen) atoms. The lowest BCUT2D eigenvalue weighted by Gasteiger charge is -1.89. The Bertz CT molecular complexity index is 147. The van der Waals surface area contributed by atoms with Crippen LogP contribution >= 0.6 is 34.2 Å². The van der Waals surface area contributed by atoms with Crippen LogP contribution in [0.2, 0.25) is 0 Å². The molecule has 0 aliphatic heterocycles. The zero-order chi connectivity index (χ0) is 6.57. The number of nitrogens with two attached hydrogens (primary N) is 1. The third-order valence-electron chi connectivity index (χ3n) is 0.524. The highest BCUT2D eigenvalue weighted by Gasteiger charge is 1.93. The van der Waals surface area contributed by atoms with Gasteiger partial charge < -0.3 is 5.73 Å². The number of rotatable bonds is 1. The van der Waals surface area contributed by atoms with Gasteiger partial charge in [-0.2, -0.15) is 5.26 Å². The molecular formula is C4H4ClIN2. The van der Waals surface area contributed by atoms with Crippen molar-refractivity contribution in [2.24, 2.45) is 5.73 Å². The summed E-state index contributed by atoms with van der Waals surface area (Å²) >= 11 is 7.34. The van der Waals surface area contributed by atoms with Gasteiger partial charge in [0.15, 0.2) is 0 Å². The summed E-state index contributed by atoms with van der Waals surface area (Å²) in [5.74, 6) is 0. The lowest BCUT2D eigenvalue weighted by molar-refractivity contribution is 1.33. The number of halogens is 2. The molecule has 2 nitrogen and oxygen atoms in total. The van der Waals surface area contributed by atoms with Crippen LogP contribution in [0.25, 0.3) is 0 Å². The maximum Gasteiger partial charge on any atom is 0.137 e. The second-order valence-corrected chi connectivity index (χ2v) is 2.23. The van der Waals surface area contributed by atoms with Crippen LogP contribution in [-0.4, -0.2) is 4.43 Å². The van der Waals surface area contributed by atoms with Gasteiger partial charge in [0.2, 0.25) is 0 Å². The van der Waals surface area contributed by atoms with Crippen molar-refractivity contribution < 1.29 is 0 Å². The molecule has 0 atom stereocenters. The third kappa shape index (κ3) is 2.38. The minimum Gasteiger partial charge on any atom is -0.400 e. The van der Waals surface area contributed by atoms with Crippen molar-refractivity contribution in [1.82, 2.24) is 0 Å². The topological polar surface area (TPSA) is 49.8 Å². The molecule has 0 aromatic heterocycles. The minimum absolute atomic E-state index is 0.0967. The highest BCUT2D eigenvalue weighted by molar-refractivity contribution is 14.1. The summed E-state index contributed by atoms with van der Waals surface area (Å²) in [6.45, 7) is 0. The van der Waals surface area contributed by atoms with Crippen LogP contribution in [0.3, 0.4) is 0 Å². The van der Waals surface area contributed by atoms with E-state index in [1.54, 1.807) is 6.07 Å². The molecular weight excluding hydrogens is 238 g/mol. The van der Waals surface area contributed by atoms with Crippen LogP contribution in [0.15, 0.2) is 10.7 Å². The first-order chi connectivity index (χ1) is 3.72. The van der Waals surface area contributed by atoms with E-state index in [2.05, 4.69) is 0 Å². The number of nitrogens with zero attached hydrogens (tertiary/aromatic N) is 1. The van der Waals surface area contributed by atoms with Crippen molar-refractivity contribution >= 4 is 34.2 Å². The highest BCUT2D eigenvalue weighted by Crippen LogP contribution is 2.04. The predicted molar refractivity (Wildman–Crippen MR) is 41.6 cm³/mol. The molecule has 0 fully saturated rings. The van der Waals surface area contributed by atoms with Gasteiger partial charge in [-0.1, -0.05) is 34.2 Å². The smallest absolute Gasteiger partial charge is 0.137 e. The first-order valence-electron chi connectivity index (χ1n) is 1.82. The van der Waals surface area contributed by atoms with E-state index in [0.717, 1.165) is 0 Å². The zero-order valence-corrected chi connectivity index (χ0v) is 6.90. The molecule has 0 rings (SSSR count). The van der Waals surface area contributed by atoms with Gasteiger partial charge in [0, 0.05) is 10.1 Å². The van der Waals surface area contributed by atoms with Gasteiger partial charge >= 0.3 is 0 Å². The predicted octanol–water partition coefficient (Wildman–Crippen LogP) is 1.35. The van der Waals surface area contributed by atoms with E-state index < -0.39 is 0 Å². The maximum absolute atomic E-state index is 8.11. The Kier molecular flexibility index (Phi) is 4.01. The van der Waals surface area contributed by atoms with Gasteiger partial charge in [-0.05, 0) is 0 Å². The van der Waals surface area contributed by atoms with Crippen LogP contribution in [0.1, 0.15) is 0 Å². The Hall–Kier alpha value is 0.0500. The van der Waals surface area contributed by atoms with Gasteiger partial charge in [-0.3, -0.25) is 0 Å². The lowest BCUT2D eigenvalue weighted by Crippen LogP contribution is -1.99. The lowest BCUT2D eigenvalue weighted by atomic mass is 10.5. The van der Waals surface area contributed by atoms with Crippen LogP contribution in [0.5, 0.6) is 0 Å². The largest absolute Gasteiger partial charge is 0.400 e. The number of nitriles is 1. The average molecular weight is 242 g/mol. The van der Waals surface area contributed by atoms with Gasteiger partial charge in [-0.25, -0.2) is 0 Å². The normalized spacial score (nSPS) is 12.1. The first-order valence-corrected chi connectivity index (χ1v) is 3.73. The van der Waals surface area contributed by atoms with Crippen LogP contribution in [-0.2, 0) is 0 Å². The van der Waals surface area contributed by atoms with Gasteiger partial charge in [0.1, 0.15) is 11.1 Å². The summed E-state index contributed by atoms with van der Waals surface area (Å²) in [5, 5.41) is 8.21. The third-order valence-corrected chi connectivity index (χ3v) is 1.67. The quantitative estimate of drug-likeness (QED) is 0.429. The summed E-state index contributed by atoms with van der Waals surface area (Å²) < 4.78 is 0.601. The van der Waals surface area contributed by atoms with Crippen molar-refractivity contribution in [3.63, 3.8) is 0 Å². The summed E-state index contributed by atoms with van der Waals surface area (Å²) in [7, 11) is 0. The van der Waals surface area contributed by atoms with Gasteiger partial charge in [-0.15, -0.1) is 0 Å². The number of hydrogen-bond donors (Lipinski definition) is 1. The molecule has 0 amide bonds. The summed E-state index contributed by atoms with van der Waals surface area (Å²) in [6.07, 6.45) is 0. The summed E-state index contributed by atoms with van der Waals surface area (Å²) in [6, 6.07) is 1.73. The fourth-order valence-corrected chi connectivity index (χ4v) is 0.804. The fourth-order valence-electron chi connectivity index (χ4n) is 0.130. The van der Waals surface area contributed by atoms with Crippen molar-refractivity contribution in [1.29, 1.82) is 5.26 Å². The van der Waals surface area contributed by atoms with Gasteiger partial charge in [0.25, 0.3) is 0 Å². The van der Waals surface area contributed by atoms with E-state index in [9.17, 15) is 0 Å². The monoisotopic (exact) mass is 242 g/mol. The molecule has 0 aromatic rings. The minimum atomic E-state index is 0.0967. The zero-order valence-electron chi connectivity index (χ0n) is 3.99. The van der Waals surface area contributed by atoms with E-state index >= 15 is 0 Å². The second-order valence-electron chi connectivity index (χ2n) is 1.08. The summed E-state index contributed by atoms with van der Waals surface area (Å²) in [4.78, 5) is 0. The Morgan fingerprint density at radius 3 is 2.50 bits per heavy atom. The SMILES string of the molecule is N#C/C(Cl)=C(\N)CI. The van der Waals surface area contributed by atoms with Crippen LogP contribution in [0, 0.1) is 11.3 Å². The molecule has 4 heteroatoms. The number of hydrogen-bond acceptors (Lipinski definition) is 2. The van der Waals surface area contributed by atoms with Crippen LogP contribution < -0.4 is 5.73 Å². The number of allylic oxidation sites excluding steroid dienone is 2. The first kappa shape index (κ1) is 8.05. The summed E-state index contributed by atoms with van der Waals surface area (Å²) in [5.41, 5.74) is 5.68. The van der Waals surface area contributed by atoms with E-state index in [0.29, 0.717) is 10.1 Å². The average Bonchev–Trinajstić information content (AvgIpc) is 1.84. The molecule has 0 unspecified atom stereocenters. The van der Waals surface area contributed by atoms with Crippen molar-refractivity contribution in [2.75, 3.05) is 4.43 Å². The molecule has 0 spiro atoms. The Morgan fingerprint density at radius 1 is 1.88 bits per heavy atom. The molecule has 0 aliphatic carbocycles. The molecule has 44 valence electrons. The Labute approximate surface area is 66.4 Å². The molecule has 0 saturated heterocycles. The van der Waals surface area contributed by atoms with E-state index in [1.807, 2.05) is 22.6 Å². The van der Waals surface area contributed by atoms with E-state index in [-0.39, 0.29) is 5.03 Å². The maximum atomic E-state index is 8.11. The Balaban J connectivity index is 4.10. The molecule has 0 saturated carbocycles. The van der Waals surface area contributed by atoms with Crippen molar-refractivity contribution in [3.05, 3.63) is 10.7 Å². The van der Waals surface area contributed by atoms with Gasteiger partial charge in [0.05, 0.1) is 0 Å². The molecule has 0 heterocycles. The van der Waals surface area contributed by atoms with Crippen molar-refractivity contribution in [2.45, 2.75) is 0 Å². The van der Waals surface area contributed by atoms with Crippen molar-refractivity contribution in [3.8, 4) is 6.07 Å². The molecule has 2 N–H and O–H groups in total. The van der Waals surface area contributed by atoms with E-state index in [4.69, 9.17) is 22.6 Å². The molecule has 0 aromatic carbocycles. The molecule has 0 radical (unpaired) electrons. The molecule has 0 aliphatic rings. The highest BCUT2D eigenvalue weighted by atomic mass is 127. The fraction of sp³-hybridized carbons (Fsp3) is 0.250. The number of alkyl halides is 1. The van der Waals surface area contributed by atoms with Crippen LogP contribution in [0.4, 0.5) is 0 Å².